The van der Waals surface area contributed by atoms with Crippen molar-refractivity contribution in [1.29, 1.82) is 0 Å². The van der Waals surface area contributed by atoms with Gasteiger partial charge in [0, 0.05) is 6.54 Å². The number of hydrogen-bond acceptors (Lipinski definition) is 2. The van der Waals surface area contributed by atoms with E-state index in [9.17, 15) is 9.18 Å². The molecule has 4 nitrogen and oxygen atoms in total. The molecule has 1 amide bonds. The molecule has 2 aromatic rings. The summed E-state index contributed by atoms with van der Waals surface area (Å²) >= 11 is 5.07. The number of thiocarbonyl (C=S) groups is 1. The van der Waals surface area contributed by atoms with Crippen molar-refractivity contribution in [2.75, 3.05) is 0 Å². The minimum atomic E-state index is -0.280. The summed E-state index contributed by atoms with van der Waals surface area (Å²) in [5.74, 6) is -0.461. The van der Waals surface area contributed by atoms with E-state index >= 15 is 0 Å². The summed E-state index contributed by atoms with van der Waals surface area (Å²) in [7, 11) is 0. The standard InChI is InChI=1S/C17H18FN3OS/c1-12-2-4-13(5-3-12)10-16(22)20-21-17(23)19-11-14-6-8-15(18)9-7-14/h2-9H,10-11H2,1H3,(H,20,22)(H2,19,21,23). The van der Waals surface area contributed by atoms with E-state index in [0.29, 0.717) is 11.7 Å². The molecule has 2 rings (SSSR count). The summed E-state index contributed by atoms with van der Waals surface area (Å²) in [6, 6.07) is 13.9. The highest BCUT2D eigenvalue weighted by atomic mass is 32.1. The number of hydrazine groups is 1. The second-order valence-corrected chi connectivity index (χ2v) is 5.55. The van der Waals surface area contributed by atoms with Crippen molar-refractivity contribution < 1.29 is 9.18 Å². The van der Waals surface area contributed by atoms with Gasteiger partial charge in [-0.25, -0.2) is 4.39 Å². The summed E-state index contributed by atoms with van der Waals surface area (Å²) in [6.45, 7) is 2.44. The van der Waals surface area contributed by atoms with Gasteiger partial charge >= 0.3 is 0 Å². The van der Waals surface area contributed by atoms with E-state index in [2.05, 4.69) is 16.2 Å². The Hall–Kier alpha value is -2.47. The molecule has 120 valence electrons. The van der Waals surface area contributed by atoms with Crippen molar-refractivity contribution in [2.45, 2.75) is 19.9 Å². The molecular weight excluding hydrogens is 313 g/mol. The molecule has 3 N–H and O–H groups in total. The Morgan fingerprint density at radius 3 is 2.26 bits per heavy atom. The first-order valence-corrected chi connectivity index (χ1v) is 7.56. The summed E-state index contributed by atoms with van der Waals surface area (Å²) in [6.07, 6.45) is 0.272. The zero-order valence-corrected chi connectivity index (χ0v) is 13.5. The molecule has 0 aliphatic heterocycles. The Morgan fingerprint density at radius 2 is 1.61 bits per heavy atom. The van der Waals surface area contributed by atoms with Gasteiger partial charge in [0.2, 0.25) is 5.91 Å². The Labute approximate surface area is 140 Å². The van der Waals surface area contributed by atoms with Gasteiger partial charge in [-0.1, -0.05) is 42.0 Å². The van der Waals surface area contributed by atoms with Crippen LogP contribution in [0.2, 0.25) is 0 Å². The molecule has 2 aromatic carbocycles. The van der Waals surface area contributed by atoms with Crippen LogP contribution in [0.5, 0.6) is 0 Å². The first kappa shape index (κ1) is 16.9. The van der Waals surface area contributed by atoms with E-state index in [1.54, 1.807) is 12.1 Å². The van der Waals surface area contributed by atoms with Crippen LogP contribution < -0.4 is 16.2 Å². The number of carbonyl (C=O) groups excluding carboxylic acids is 1. The smallest absolute Gasteiger partial charge is 0.242 e. The second-order valence-electron chi connectivity index (χ2n) is 5.14. The Balaban J connectivity index is 1.70. The van der Waals surface area contributed by atoms with Gasteiger partial charge in [-0.15, -0.1) is 0 Å². The minimum Gasteiger partial charge on any atom is -0.357 e. The van der Waals surface area contributed by atoms with Gasteiger partial charge in [0.25, 0.3) is 0 Å². The molecular formula is C17H18FN3OS. The van der Waals surface area contributed by atoms with Crippen molar-refractivity contribution in [3.63, 3.8) is 0 Å². The van der Waals surface area contributed by atoms with Crippen LogP contribution in [0.3, 0.4) is 0 Å². The van der Waals surface area contributed by atoms with E-state index < -0.39 is 0 Å². The molecule has 0 unspecified atom stereocenters. The second kappa shape index (κ2) is 8.24. The molecule has 0 aromatic heterocycles. The lowest BCUT2D eigenvalue weighted by atomic mass is 10.1. The molecule has 0 heterocycles. The highest BCUT2D eigenvalue weighted by Crippen LogP contribution is 2.03. The predicted octanol–water partition coefficient (Wildman–Crippen LogP) is 2.37. The lowest BCUT2D eigenvalue weighted by molar-refractivity contribution is -0.121. The number of nitrogens with one attached hydrogen (secondary N) is 3. The normalized spacial score (nSPS) is 10.0. The quantitative estimate of drug-likeness (QED) is 0.595. The fraction of sp³-hybridized carbons (Fsp3) is 0.176. The molecule has 6 heteroatoms. The van der Waals surface area contributed by atoms with E-state index in [0.717, 1.165) is 16.7 Å². The number of hydrogen-bond donors (Lipinski definition) is 3. The SMILES string of the molecule is Cc1ccc(CC(=O)NNC(=S)NCc2ccc(F)cc2)cc1. The third kappa shape index (κ3) is 6.04. The van der Waals surface area contributed by atoms with Crippen LogP contribution in [0, 0.1) is 12.7 Å². The lowest BCUT2D eigenvalue weighted by Crippen LogP contribution is -2.47. The molecule has 23 heavy (non-hydrogen) atoms. The van der Waals surface area contributed by atoms with Crippen LogP contribution in [0.4, 0.5) is 4.39 Å². The first-order chi connectivity index (χ1) is 11.0. The Kier molecular flexibility index (Phi) is 6.05. The molecule has 0 saturated heterocycles. The van der Waals surface area contributed by atoms with Gasteiger partial charge in [-0.05, 0) is 42.4 Å². The van der Waals surface area contributed by atoms with Gasteiger partial charge in [-0.3, -0.25) is 15.6 Å². The zero-order valence-electron chi connectivity index (χ0n) is 12.7. The number of benzene rings is 2. The summed E-state index contributed by atoms with van der Waals surface area (Å²) < 4.78 is 12.8. The number of amides is 1. The van der Waals surface area contributed by atoms with Gasteiger partial charge in [-0.2, -0.15) is 0 Å². The van der Waals surface area contributed by atoms with Crippen molar-refractivity contribution in [3.8, 4) is 0 Å². The minimum absolute atomic E-state index is 0.181. The molecule has 0 atom stereocenters. The molecule has 0 radical (unpaired) electrons. The van der Waals surface area contributed by atoms with E-state index in [1.807, 2.05) is 31.2 Å². The van der Waals surface area contributed by atoms with Gasteiger partial charge in [0.1, 0.15) is 5.82 Å². The van der Waals surface area contributed by atoms with Crippen molar-refractivity contribution >= 4 is 23.2 Å². The average molecular weight is 331 g/mol. The average Bonchev–Trinajstić information content (AvgIpc) is 2.54. The van der Waals surface area contributed by atoms with Gasteiger partial charge < -0.3 is 5.32 Å². The number of aryl methyl sites for hydroxylation is 1. The molecule has 0 bridgehead atoms. The Bertz CT molecular complexity index is 671. The highest BCUT2D eigenvalue weighted by molar-refractivity contribution is 7.80. The van der Waals surface area contributed by atoms with Gasteiger partial charge in [0.05, 0.1) is 6.42 Å². The number of carbonyl (C=O) groups is 1. The van der Waals surface area contributed by atoms with Crippen LogP contribution in [0.1, 0.15) is 16.7 Å². The largest absolute Gasteiger partial charge is 0.357 e. The predicted molar refractivity (Wildman–Crippen MR) is 92.0 cm³/mol. The number of halogens is 1. The fourth-order valence-corrected chi connectivity index (χ4v) is 2.01. The Morgan fingerprint density at radius 1 is 1.00 bits per heavy atom. The topological polar surface area (TPSA) is 53.2 Å². The van der Waals surface area contributed by atoms with Crippen LogP contribution in [-0.2, 0) is 17.8 Å². The first-order valence-electron chi connectivity index (χ1n) is 7.15. The van der Waals surface area contributed by atoms with E-state index in [1.165, 1.54) is 12.1 Å². The monoisotopic (exact) mass is 331 g/mol. The van der Waals surface area contributed by atoms with Crippen LogP contribution >= 0.6 is 12.2 Å². The molecule has 0 aliphatic carbocycles. The summed E-state index contributed by atoms with van der Waals surface area (Å²) in [4.78, 5) is 11.8. The molecule has 0 saturated carbocycles. The third-order valence-electron chi connectivity index (χ3n) is 3.17. The third-order valence-corrected chi connectivity index (χ3v) is 3.41. The maximum absolute atomic E-state index is 12.8. The maximum Gasteiger partial charge on any atom is 0.242 e. The van der Waals surface area contributed by atoms with E-state index in [4.69, 9.17) is 12.2 Å². The van der Waals surface area contributed by atoms with Crippen LogP contribution in [-0.4, -0.2) is 11.0 Å². The summed E-state index contributed by atoms with van der Waals surface area (Å²) in [5, 5.41) is 3.23. The van der Waals surface area contributed by atoms with Crippen LogP contribution in [0.25, 0.3) is 0 Å². The van der Waals surface area contributed by atoms with Gasteiger partial charge in [0.15, 0.2) is 5.11 Å². The molecule has 0 spiro atoms. The van der Waals surface area contributed by atoms with Crippen molar-refractivity contribution in [3.05, 3.63) is 71.0 Å². The zero-order chi connectivity index (χ0) is 16.7. The molecule has 0 fully saturated rings. The lowest BCUT2D eigenvalue weighted by Gasteiger charge is -2.11. The van der Waals surface area contributed by atoms with Crippen molar-refractivity contribution in [2.24, 2.45) is 0 Å². The fourth-order valence-electron chi connectivity index (χ4n) is 1.89. The van der Waals surface area contributed by atoms with Crippen molar-refractivity contribution in [1.82, 2.24) is 16.2 Å². The highest BCUT2D eigenvalue weighted by Gasteiger charge is 2.04. The van der Waals surface area contributed by atoms with E-state index in [-0.39, 0.29) is 18.1 Å². The summed E-state index contributed by atoms with van der Waals surface area (Å²) in [5.41, 5.74) is 8.15. The molecule has 0 aliphatic rings. The maximum atomic E-state index is 12.8. The number of rotatable bonds is 4. The van der Waals surface area contributed by atoms with Crippen LogP contribution in [0.15, 0.2) is 48.5 Å².